The van der Waals surface area contributed by atoms with Gasteiger partial charge in [-0.1, -0.05) is 23.7 Å². The highest BCUT2D eigenvalue weighted by Gasteiger charge is 2.20. The van der Waals surface area contributed by atoms with Crippen LogP contribution >= 0.6 is 11.6 Å². The molecule has 0 N–H and O–H groups in total. The molecular weight excluding hydrogens is 290 g/mol. The van der Waals surface area contributed by atoms with Crippen molar-refractivity contribution >= 4 is 29.0 Å². The molecule has 0 aliphatic carbocycles. The van der Waals surface area contributed by atoms with E-state index in [-0.39, 0.29) is 5.97 Å². The summed E-state index contributed by atoms with van der Waals surface area (Å²) in [5.74, 6) is -0.324. The number of aliphatic imine (C=N–C) groups is 1. The van der Waals surface area contributed by atoms with Crippen molar-refractivity contribution in [2.24, 2.45) is 4.99 Å². The summed E-state index contributed by atoms with van der Waals surface area (Å²) < 4.78 is 4.95. The van der Waals surface area contributed by atoms with Gasteiger partial charge < -0.3 is 4.74 Å². The van der Waals surface area contributed by atoms with Crippen molar-refractivity contribution in [3.63, 3.8) is 0 Å². The van der Waals surface area contributed by atoms with Gasteiger partial charge in [0, 0.05) is 6.42 Å². The second-order valence-electron chi connectivity index (χ2n) is 4.49. The van der Waals surface area contributed by atoms with Crippen molar-refractivity contribution < 1.29 is 9.53 Å². The molecule has 0 fully saturated rings. The molecule has 0 amide bonds. The van der Waals surface area contributed by atoms with Crippen molar-refractivity contribution in [3.05, 3.63) is 52.6 Å². The van der Waals surface area contributed by atoms with Gasteiger partial charge in [0.1, 0.15) is 12.0 Å². The molecule has 1 aliphatic rings. The second-order valence-corrected chi connectivity index (χ2v) is 4.85. The number of esters is 1. The highest BCUT2D eigenvalue weighted by molar-refractivity contribution is 6.32. The Bertz CT molecular complexity index is 726. The fourth-order valence-electron chi connectivity index (χ4n) is 2.14. The summed E-state index contributed by atoms with van der Waals surface area (Å²) in [7, 11) is 0. The summed E-state index contributed by atoms with van der Waals surface area (Å²) in [6.07, 6.45) is 2.04. The van der Waals surface area contributed by atoms with Gasteiger partial charge in [-0.15, -0.1) is 0 Å². The maximum atomic E-state index is 11.6. The van der Waals surface area contributed by atoms with E-state index in [0.29, 0.717) is 29.4 Å². The minimum Gasteiger partial charge on any atom is -0.462 e. The number of fused-ring (bicyclic) bond motifs is 1. The van der Waals surface area contributed by atoms with Crippen molar-refractivity contribution in [1.29, 1.82) is 0 Å². The molecular formula is C15H12ClN3O2. The SMILES string of the molecule is CCOC(=O)c1ccc(C2=Nc3c(Cl)ncnc3C2)cc1. The highest BCUT2D eigenvalue weighted by atomic mass is 35.5. The fourth-order valence-corrected chi connectivity index (χ4v) is 2.34. The first-order chi connectivity index (χ1) is 10.2. The van der Waals surface area contributed by atoms with Gasteiger partial charge >= 0.3 is 5.97 Å². The van der Waals surface area contributed by atoms with Crippen LogP contribution in [0.2, 0.25) is 5.15 Å². The Morgan fingerprint density at radius 3 is 2.71 bits per heavy atom. The molecule has 0 bridgehead atoms. The number of rotatable bonds is 3. The smallest absolute Gasteiger partial charge is 0.338 e. The number of carbonyl (C=O) groups is 1. The lowest BCUT2D eigenvalue weighted by molar-refractivity contribution is 0.0526. The largest absolute Gasteiger partial charge is 0.462 e. The number of nitrogens with zero attached hydrogens (tertiary/aromatic N) is 3. The molecule has 1 aliphatic heterocycles. The predicted octanol–water partition coefficient (Wildman–Crippen LogP) is 2.98. The predicted molar refractivity (Wildman–Crippen MR) is 79.3 cm³/mol. The van der Waals surface area contributed by atoms with Gasteiger partial charge in [-0.3, -0.25) is 0 Å². The van der Waals surface area contributed by atoms with Crippen LogP contribution in [0, 0.1) is 0 Å². The lowest BCUT2D eigenvalue weighted by Crippen LogP contribution is -2.06. The van der Waals surface area contributed by atoms with Crippen LogP contribution in [-0.4, -0.2) is 28.3 Å². The van der Waals surface area contributed by atoms with E-state index >= 15 is 0 Å². The van der Waals surface area contributed by atoms with Crippen LogP contribution in [0.4, 0.5) is 5.69 Å². The zero-order valence-corrected chi connectivity index (χ0v) is 12.1. The monoisotopic (exact) mass is 301 g/mol. The van der Waals surface area contributed by atoms with Gasteiger partial charge in [0.2, 0.25) is 0 Å². The third kappa shape index (κ3) is 2.64. The zero-order valence-electron chi connectivity index (χ0n) is 11.3. The van der Waals surface area contributed by atoms with Gasteiger partial charge in [-0.25, -0.2) is 19.8 Å². The van der Waals surface area contributed by atoms with E-state index in [1.165, 1.54) is 6.33 Å². The standard InChI is InChI=1S/C15H12ClN3O2/c1-2-21-15(20)10-5-3-9(4-6-10)11-7-12-13(19-11)14(16)18-8-17-12/h3-6,8H,2,7H2,1H3. The molecule has 0 saturated heterocycles. The van der Waals surface area contributed by atoms with Crippen LogP contribution < -0.4 is 0 Å². The molecule has 0 saturated carbocycles. The van der Waals surface area contributed by atoms with Gasteiger partial charge in [0.15, 0.2) is 5.15 Å². The number of ether oxygens (including phenoxy) is 1. The van der Waals surface area contributed by atoms with E-state index in [9.17, 15) is 4.79 Å². The Labute approximate surface area is 126 Å². The Balaban J connectivity index is 1.85. The molecule has 3 rings (SSSR count). The van der Waals surface area contributed by atoms with Gasteiger partial charge in [0.25, 0.3) is 0 Å². The second kappa shape index (κ2) is 5.61. The molecule has 1 aromatic heterocycles. The first kappa shape index (κ1) is 13.7. The number of carbonyl (C=O) groups excluding carboxylic acids is 1. The summed E-state index contributed by atoms with van der Waals surface area (Å²) >= 11 is 6.00. The third-order valence-electron chi connectivity index (χ3n) is 3.16. The molecule has 0 unspecified atom stereocenters. The minimum absolute atomic E-state index is 0.324. The van der Waals surface area contributed by atoms with E-state index in [1.54, 1.807) is 19.1 Å². The maximum absolute atomic E-state index is 11.6. The van der Waals surface area contributed by atoms with Crippen molar-refractivity contribution in [2.75, 3.05) is 6.61 Å². The van der Waals surface area contributed by atoms with Crippen molar-refractivity contribution in [1.82, 2.24) is 9.97 Å². The molecule has 21 heavy (non-hydrogen) atoms. The Morgan fingerprint density at radius 2 is 2.05 bits per heavy atom. The van der Waals surface area contributed by atoms with Crippen LogP contribution in [0.5, 0.6) is 0 Å². The summed E-state index contributed by atoms with van der Waals surface area (Å²) in [5, 5.41) is 0.359. The zero-order chi connectivity index (χ0) is 14.8. The summed E-state index contributed by atoms with van der Waals surface area (Å²) in [5.41, 5.74) is 3.76. The molecule has 2 aromatic rings. The fraction of sp³-hybridized carbons (Fsp3) is 0.200. The maximum Gasteiger partial charge on any atom is 0.338 e. The van der Waals surface area contributed by atoms with Crippen LogP contribution in [0.1, 0.15) is 28.5 Å². The van der Waals surface area contributed by atoms with E-state index < -0.39 is 0 Å². The number of hydrogen-bond donors (Lipinski definition) is 0. The first-order valence-corrected chi connectivity index (χ1v) is 6.91. The van der Waals surface area contributed by atoms with Crippen LogP contribution in [0.15, 0.2) is 35.6 Å². The normalized spacial score (nSPS) is 12.8. The summed E-state index contributed by atoms with van der Waals surface area (Å²) in [4.78, 5) is 24.2. The summed E-state index contributed by atoms with van der Waals surface area (Å²) in [6, 6.07) is 7.15. The number of halogens is 1. The average molecular weight is 302 g/mol. The third-order valence-corrected chi connectivity index (χ3v) is 3.44. The highest BCUT2D eigenvalue weighted by Crippen LogP contribution is 2.32. The van der Waals surface area contributed by atoms with Crippen molar-refractivity contribution in [2.45, 2.75) is 13.3 Å². The molecule has 0 spiro atoms. The molecule has 2 heterocycles. The quantitative estimate of drug-likeness (QED) is 0.646. The Morgan fingerprint density at radius 1 is 1.29 bits per heavy atom. The van der Waals surface area contributed by atoms with E-state index in [1.807, 2.05) is 12.1 Å². The van der Waals surface area contributed by atoms with E-state index in [0.717, 1.165) is 17.0 Å². The first-order valence-electron chi connectivity index (χ1n) is 6.53. The van der Waals surface area contributed by atoms with Gasteiger partial charge in [-0.05, 0) is 24.6 Å². The topological polar surface area (TPSA) is 64.4 Å². The lowest BCUT2D eigenvalue weighted by atomic mass is 10.1. The molecule has 1 aromatic carbocycles. The van der Waals surface area contributed by atoms with E-state index in [4.69, 9.17) is 16.3 Å². The molecule has 0 atom stereocenters. The van der Waals surface area contributed by atoms with Crippen LogP contribution in [0.3, 0.4) is 0 Å². The molecule has 0 radical (unpaired) electrons. The molecule has 106 valence electrons. The average Bonchev–Trinajstić information content (AvgIpc) is 2.93. The Hall–Kier alpha value is -2.27. The van der Waals surface area contributed by atoms with Gasteiger partial charge in [0.05, 0.1) is 23.6 Å². The van der Waals surface area contributed by atoms with Gasteiger partial charge in [-0.2, -0.15) is 0 Å². The number of hydrogen-bond acceptors (Lipinski definition) is 5. The lowest BCUT2D eigenvalue weighted by Gasteiger charge is -2.03. The Kier molecular flexibility index (Phi) is 3.66. The summed E-state index contributed by atoms with van der Waals surface area (Å²) in [6.45, 7) is 2.14. The number of aromatic nitrogens is 2. The van der Waals surface area contributed by atoms with Crippen LogP contribution in [-0.2, 0) is 11.2 Å². The van der Waals surface area contributed by atoms with Crippen molar-refractivity contribution in [3.8, 4) is 0 Å². The minimum atomic E-state index is -0.324. The number of benzene rings is 1. The molecule has 6 heteroatoms. The van der Waals surface area contributed by atoms with Crippen LogP contribution in [0.25, 0.3) is 0 Å². The molecule has 5 nitrogen and oxygen atoms in total. The van der Waals surface area contributed by atoms with E-state index in [2.05, 4.69) is 15.0 Å².